The van der Waals surface area contributed by atoms with Crippen molar-refractivity contribution < 1.29 is 18.8 Å². The third-order valence-electron chi connectivity index (χ3n) is 6.27. The summed E-state index contributed by atoms with van der Waals surface area (Å²) in [5, 5.41) is 10.7. The van der Waals surface area contributed by atoms with Crippen molar-refractivity contribution >= 4 is 23.3 Å². The standard InChI is InChI=1S/C27H31N5O4/c1-16(2)24(25(34)26-31-30-23(36-26)14-18-8-6-7-17(3)13-18)29-22(33)15-32-21-10-5-4-9-19(21)11-12-20(28)27(32)35/h4-10,13,16,20,24H,11-12,14-15,28H2,1-3H3,(H,29,33)/t20-,24-/m1/s1. The number of rotatable bonds is 8. The van der Waals surface area contributed by atoms with Crippen molar-refractivity contribution in [3.05, 3.63) is 77.0 Å². The van der Waals surface area contributed by atoms with Crippen molar-refractivity contribution in [2.24, 2.45) is 11.7 Å². The van der Waals surface area contributed by atoms with E-state index in [9.17, 15) is 14.4 Å². The first kappa shape index (κ1) is 25.2. The van der Waals surface area contributed by atoms with Gasteiger partial charge in [-0.15, -0.1) is 10.2 Å². The molecule has 1 aromatic heterocycles. The second-order valence-corrected chi connectivity index (χ2v) is 9.52. The average Bonchev–Trinajstić information content (AvgIpc) is 3.28. The minimum Gasteiger partial charge on any atom is -0.418 e. The summed E-state index contributed by atoms with van der Waals surface area (Å²) in [6.07, 6.45) is 1.55. The van der Waals surface area contributed by atoms with E-state index < -0.39 is 23.8 Å². The second-order valence-electron chi connectivity index (χ2n) is 9.52. The van der Waals surface area contributed by atoms with Crippen molar-refractivity contribution in [2.75, 3.05) is 11.4 Å². The third kappa shape index (κ3) is 5.68. The van der Waals surface area contributed by atoms with E-state index in [1.807, 2.05) is 63.2 Å². The number of aromatic nitrogens is 2. The van der Waals surface area contributed by atoms with Gasteiger partial charge in [0.1, 0.15) is 6.54 Å². The number of carbonyl (C=O) groups excluding carboxylic acids is 3. The maximum absolute atomic E-state index is 13.2. The number of Topliss-reactive ketones (excluding diaryl/α,β-unsaturated/α-hetero) is 1. The zero-order valence-corrected chi connectivity index (χ0v) is 20.7. The van der Waals surface area contributed by atoms with Crippen LogP contribution in [-0.4, -0.2) is 46.4 Å². The summed E-state index contributed by atoms with van der Waals surface area (Å²) in [6.45, 7) is 5.38. The van der Waals surface area contributed by atoms with Crippen molar-refractivity contribution in [1.82, 2.24) is 15.5 Å². The number of nitrogens with two attached hydrogens (primary N) is 1. The average molecular weight is 490 g/mol. The lowest BCUT2D eigenvalue weighted by molar-refractivity contribution is -0.124. The molecule has 0 aliphatic carbocycles. The van der Waals surface area contributed by atoms with Gasteiger partial charge in [0.15, 0.2) is 0 Å². The molecular formula is C27H31N5O4. The first-order valence-electron chi connectivity index (χ1n) is 12.1. The molecule has 0 saturated carbocycles. The van der Waals surface area contributed by atoms with Gasteiger partial charge in [0.2, 0.25) is 23.5 Å². The molecule has 9 heteroatoms. The van der Waals surface area contributed by atoms with Gasteiger partial charge in [0.25, 0.3) is 5.89 Å². The molecule has 2 heterocycles. The number of benzene rings is 2. The Bertz CT molecular complexity index is 1270. The highest BCUT2D eigenvalue weighted by Gasteiger charge is 2.33. The normalized spacial score (nSPS) is 16.4. The highest BCUT2D eigenvalue weighted by molar-refractivity contribution is 6.04. The number of fused-ring (bicyclic) bond motifs is 1. The molecule has 0 fully saturated rings. The van der Waals surface area contributed by atoms with Gasteiger partial charge in [0, 0.05) is 5.69 Å². The number of amides is 2. The van der Waals surface area contributed by atoms with Crippen molar-refractivity contribution in [3.8, 4) is 0 Å². The lowest BCUT2D eigenvalue weighted by atomic mass is 9.99. The van der Waals surface area contributed by atoms with Gasteiger partial charge >= 0.3 is 0 Å². The summed E-state index contributed by atoms with van der Waals surface area (Å²) in [4.78, 5) is 40.6. The van der Waals surface area contributed by atoms with Crippen LogP contribution in [0.2, 0.25) is 0 Å². The minimum absolute atomic E-state index is 0.158. The molecule has 1 aliphatic rings. The lowest BCUT2D eigenvalue weighted by Crippen LogP contribution is -2.51. The Labute approximate surface area is 210 Å². The van der Waals surface area contributed by atoms with Gasteiger partial charge in [-0.1, -0.05) is 61.9 Å². The van der Waals surface area contributed by atoms with Gasteiger partial charge in [-0.05, 0) is 42.9 Å². The van der Waals surface area contributed by atoms with Crippen molar-refractivity contribution in [1.29, 1.82) is 0 Å². The monoisotopic (exact) mass is 489 g/mol. The zero-order chi connectivity index (χ0) is 25.8. The number of hydrogen-bond acceptors (Lipinski definition) is 7. The summed E-state index contributed by atoms with van der Waals surface area (Å²) in [5.41, 5.74) is 9.78. The van der Waals surface area contributed by atoms with Gasteiger partial charge < -0.3 is 20.4 Å². The highest BCUT2D eigenvalue weighted by atomic mass is 16.4. The number of nitrogens with zero attached hydrogens (tertiary/aromatic N) is 3. The Morgan fingerprint density at radius 3 is 2.69 bits per heavy atom. The number of aryl methyl sites for hydroxylation is 2. The zero-order valence-electron chi connectivity index (χ0n) is 20.7. The van der Waals surface area contributed by atoms with Crippen LogP contribution in [0.5, 0.6) is 0 Å². The SMILES string of the molecule is Cc1cccc(Cc2nnc(C(=O)[C@H](NC(=O)CN3C(=O)[C@H](N)CCc4ccccc43)C(C)C)o2)c1. The fourth-order valence-electron chi connectivity index (χ4n) is 4.35. The molecule has 0 saturated heterocycles. The summed E-state index contributed by atoms with van der Waals surface area (Å²) in [5.74, 6) is -1.35. The molecule has 0 unspecified atom stereocenters. The van der Waals surface area contributed by atoms with Crippen LogP contribution in [0.1, 0.15) is 53.5 Å². The second kappa shape index (κ2) is 10.8. The van der Waals surface area contributed by atoms with Crippen LogP contribution in [0.15, 0.2) is 52.9 Å². The van der Waals surface area contributed by atoms with Crippen molar-refractivity contribution in [3.63, 3.8) is 0 Å². The van der Waals surface area contributed by atoms with E-state index in [0.29, 0.717) is 30.8 Å². The molecule has 188 valence electrons. The van der Waals surface area contributed by atoms with E-state index in [-0.39, 0.29) is 24.3 Å². The molecule has 0 spiro atoms. The Kier molecular flexibility index (Phi) is 7.59. The van der Waals surface area contributed by atoms with Crippen LogP contribution >= 0.6 is 0 Å². The Hall–Kier alpha value is -3.85. The Balaban J connectivity index is 1.47. The molecule has 1 aliphatic heterocycles. The van der Waals surface area contributed by atoms with E-state index in [1.165, 1.54) is 4.90 Å². The molecule has 2 aromatic carbocycles. The van der Waals surface area contributed by atoms with Crippen LogP contribution in [-0.2, 0) is 22.4 Å². The molecular weight excluding hydrogens is 458 g/mol. The fourth-order valence-corrected chi connectivity index (χ4v) is 4.35. The first-order chi connectivity index (χ1) is 17.2. The van der Waals surface area contributed by atoms with E-state index in [1.54, 1.807) is 6.07 Å². The van der Waals surface area contributed by atoms with Crippen LogP contribution in [0.3, 0.4) is 0 Å². The van der Waals surface area contributed by atoms with Gasteiger partial charge in [-0.2, -0.15) is 0 Å². The summed E-state index contributed by atoms with van der Waals surface area (Å²) in [6, 6.07) is 13.7. The first-order valence-corrected chi connectivity index (χ1v) is 12.1. The molecule has 3 aromatic rings. The quantitative estimate of drug-likeness (QED) is 0.465. The fraction of sp³-hybridized carbons (Fsp3) is 0.370. The predicted molar refractivity (Wildman–Crippen MR) is 134 cm³/mol. The number of para-hydroxylation sites is 1. The number of hydrogen-bond donors (Lipinski definition) is 2. The van der Waals surface area contributed by atoms with Gasteiger partial charge in [-0.3, -0.25) is 14.4 Å². The number of anilines is 1. The Morgan fingerprint density at radius 1 is 1.17 bits per heavy atom. The maximum Gasteiger partial charge on any atom is 0.286 e. The van der Waals surface area contributed by atoms with Gasteiger partial charge in [-0.25, -0.2) is 0 Å². The van der Waals surface area contributed by atoms with Crippen LogP contribution in [0.4, 0.5) is 5.69 Å². The number of nitrogens with one attached hydrogen (secondary N) is 1. The topological polar surface area (TPSA) is 131 Å². The molecule has 2 atom stereocenters. The van der Waals surface area contributed by atoms with E-state index in [4.69, 9.17) is 10.2 Å². The molecule has 3 N–H and O–H groups in total. The molecule has 4 rings (SSSR count). The van der Waals surface area contributed by atoms with Crippen molar-refractivity contribution in [2.45, 2.75) is 52.1 Å². The largest absolute Gasteiger partial charge is 0.418 e. The third-order valence-corrected chi connectivity index (χ3v) is 6.27. The lowest BCUT2D eigenvalue weighted by Gasteiger charge is -2.26. The van der Waals surface area contributed by atoms with Crippen LogP contribution in [0.25, 0.3) is 0 Å². The molecule has 9 nitrogen and oxygen atoms in total. The van der Waals surface area contributed by atoms with E-state index in [0.717, 1.165) is 16.7 Å². The number of ketones is 1. The van der Waals surface area contributed by atoms with Gasteiger partial charge in [0.05, 0.1) is 18.5 Å². The minimum atomic E-state index is -0.893. The highest BCUT2D eigenvalue weighted by Crippen LogP contribution is 2.26. The predicted octanol–water partition coefficient (Wildman–Crippen LogP) is 2.60. The number of carbonyl (C=O) groups is 3. The van der Waals surface area contributed by atoms with E-state index >= 15 is 0 Å². The summed E-state index contributed by atoms with van der Waals surface area (Å²) >= 11 is 0. The molecule has 36 heavy (non-hydrogen) atoms. The van der Waals surface area contributed by atoms with Crippen LogP contribution in [0, 0.1) is 12.8 Å². The van der Waals surface area contributed by atoms with E-state index in [2.05, 4.69) is 15.5 Å². The smallest absolute Gasteiger partial charge is 0.286 e. The Morgan fingerprint density at radius 2 is 1.94 bits per heavy atom. The molecule has 0 bridgehead atoms. The molecule has 0 radical (unpaired) electrons. The maximum atomic E-state index is 13.2. The van der Waals surface area contributed by atoms with Crippen LogP contribution < -0.4 is 16.0 Å². The summed E-state index contributed by atoms with van der Waals surface area (Å²) < 4.78 is 5.64. The summed E-state index contributed by atoms with van der Waals surface area (Å²) in [7, 11) is 0. The molecule has 2 amide bonds.